The van der Waals surface area contributed by atoms with Gasteiger partial charge in [0.25, 0.3) is 0 Å². The lowest BCUT2D eigenvalue weighted by atomic mass is 9.77. The Labute approximate surface area is 130 Å². The van der Waals surface area contributed by atoms with Crippen molar-refractivity contribution >= 4 is 11.8 Å². The summed E-state index contributed by atoms with van der Waals surface area (Å²) in [5, 5.41) is 9.90. The zero-order chi connectivity index (χ0) is 15.7. The number of esters is 1. The first-order chi connectivity index (χ1) is 10.6. The number of allylic oxidation sites excluding steroid dienone is 1. The molecule has 3 rings (SSSR count). The van der Waals surface area contributed by atoms with Crippen molar-refractivity contribution in [2.45, 2.75) is 56.8 Å². The minimum absolute atomic E-state index is 0.186. The fraction of sp³-hybridized carbons (Fsp3) is 0.765. The number of epoxide rings is 1. The number of hydrogen-bond acceptors (Lipinski definition) is 5. The summed E-state index contributed by atoms with van der Waals surface area (Å²) in [4.78, 5) is 24.0. The number of ketones is 1. The van der Waals surface area contributed by atoms with Crippen LogP contribution < -0.4 is 0 Å². The number of aliphatic hydroxyl groups is 1. The van der Waals surface area contributed by atoms with Gasteiger partial charge in [-0.05, 0) is 50.5 Å². The van der Waals surface area contributed by atoms with Crippen LogP contribution in [0, 0.1) is 17.8 Å². The van der Waals surface area contributed by atoms with Gasteiger partial charge in [-0.2, -0.15) is 0 Å². The number of rotatable bonds is 5. The monoisotopic (exact) mass is 308 g/mol. The number of hydrogen-bond donors (Lipinski definition) is 1. The van der Waals surface area contributed by atoms with Crippen LogP contribution in [0.4, 0.5) is 0 Å². The maximum Gasteiger partial charge on any atom is 0.308 e. The maximum atomic E-state index is 12.2. The summed E-state index contributed by atoms with van der Waals surface area (Å²) in [6.45, 7) is 3.91. The van der Waals surface area contributed by atoms with E-state index in [2.05, 4.69) is 6.58 Å². The summed E-state index contributed by atoms with van der Waals surface area (Å²) in [6.07, 6.45) is 5.92. The topological polar surface area (TPSA) is 76.1 Å². The molecular weight excluding hydrogens is 284 g/mol. The van der Waals surface area contributed by atoms with E-state index < -0.39 is 12.0 Å². The van der Waals surface area contributed by atoms with Crippen LogP contribution in [-0.2, 0) is 19.1 Å². The molecule has 3 fully saturated rings. The number of aliphatic hydroxyl groups excluding tert-OH is 1. The van der Waals surface area contributed by atoms with Crippen molar-refractivity contribution in [2.75, 3.05) is 6.61 Å². The van der Waals surface area contributed by atoms with Gasteiger partial charge in [0.1, 0.15) is 0 Å². The van der Waals surface area contributed by atoms with E-state index in [0.717, 1.165) is 19.3 Å². The predicted octanol–water partition coefficient (Wildman–Crippen LogP) is 1.63. The molecule has 22 heavy (non-hydrogen) atoms. The van der Waals surface area contributed by atoms with E-state index in [1.807, 2.05) is 0 Å². The minimum Gasteiger partial charge on any atom is -0.465 e. The average molecular weight is 308 g/mol. The fourth-order valence-electron chi connectivity index (χ4n) is 3.78. The van der Waals surface area contributed by atoms with Crippen LogP contribution in [0.3, 0.4) is 0 Å². The Balaban J connectivity index is 1.47. The van der Waals surface area contributed by atoms with Crippen molar-refractivity contribution in [2.24, 2.45) is 17.8 Å². The zero-order valence-corrected chi connectivity index (χ0v) is 12.8. The second-order valence-electron chi connectivity index (χ2n) is 6.81. The molecule has 0 aromatic carbocycles. The second kappa shape index (κ2) is 6.50. The largest absolute Gasteiger partial charge is 0.465 e. The summed E-state index contributed by atoms with van der Waals surface area (Å²) in [6, 6.07) is 0. The summed E-state index contributed by atoms with van der Waals surface area (Å²) >= 11 is 0. The van der Waals surface area contributed by atoms with Crippen molar-refractivity contribution in [3.8, 4) is 0 Å². The molecule has 2 saturated carbocycles. The van der Waals surface area contributed by atoms with Crippen molar-refractivity contribution in [3.05, 3.63) is 12.7 Å². The molecule has 122 valence electrons. The lowest BCUT2D eigenvalue weighted by Crippen LogP contribution is -2.37. The molecule has 0 aromatic rings. The third-order valence-electron chi connectivity index (χ3n) is 5.29. The van der Waals surface area contributed by atoms with Crippen molar-refractivity contribution in [1.82, 2.24) is 0 Å². The smallest absolute Gasteiger partial charge is 0.308 e. The van der Waals surface area contributed by atoms with E-state index in [4.69, 9.17) is 9.47 Å². The van der Waals surface area contributed by atoms with Gasteiger partial charge in [-0.15, -0.1) is 0 Å². The third-order valence-corrected chi connectivity index (χ3v) is 5.29. The normalized spacial score (nSPS) is 40.4. The lowest BCUT2D eigenvalue weighted by Gasteiger charge is -2.31. The fourth-order valence-corrected chi connectivity index (χ4v) is 3.78. The molecule has 2 aliphatic carbocycles. The van der Waals surface area contributed by atoms with Crippen LogP contribution in [0.1, 0.15) is 38.5 Å². The first-order valence-corrected chi connectivity index (χ1v) is 8.25. The summed E-state index contributed by atoms with van der Waals surface area (Å²) in [5.74, 6) is -0.820. The van der Waals surface area contributed by atoms with Gasteiger partial charge in [0.2, 0.25) is 0 Å². The van der Waals surface area contributed by atoms with Gasteiger partial charge in [0.05, 0.1) is 30.8 Å². The number of fused-ring (bicyclic) bond motifs is 1. The highest BCUT2D eigenvalue weighted by Crippen LogP contribution is 2.39. The van der Waals surface area contributed by atoms with Crippen molar-refractivity contribution in [3.63, 3.8) is 0 Å². The molecule has 1 N–H and O–H groups in total. The van der Waals surface area contributed by atoms with Gasteiger partial charge in [-0.3, -0.25) is 9.59 Å². The predicted molar refractivity (Wildman–Crippen MR) is 79.0 cm³/mol. The molecule has 0 amide bonds. The van der Waals surface area contributed by atoms with Crippen LogP contribution in [0.25, 0.3) is 0 Å². The van der Waals surface area contributed by atoms with Gasteiger partial charge in [-0.25, -0.2) is 0 Å². The molecule has 0 bridgehead atoms. The summed E-state index contributed by atoms with van der Waals surface area (Å²) in [7, 11) is 0. The third kappa shape index (κ3) is 3.41. The Hall–Kier alpha value is -1.20. The molecule has 1 saturated heterocycles. The van der Waals surface area contributed by atoms with Crippen LogP contribution in [0.5, 0.6) is 0 Å². The molecule has 0 aromatic heterocycles. The molecule has 6 atom stereocenters. The van der Waals surface area contributed by atoms with Crippen LogP contribution >= 0.6 is 0 Å². The molecule has 5 heteroatoms. The number of ether oxygens (including phenoxy) is 2. The Kier molecular flexibility index (Phi) is 4.64. The standard InChI is InChI=1S/C17H24O5/c1-2-13(18)12-8-11(4-5-14(12)19)17(20)21-9-10-3-6-15-16(7-10)22-15/h2,10-12,14-16,19H,1,3-9H2. The molecule has 0 spiro atoms. The van der Waals surface area contributed by atoms with E-state index in [0.29, 0.717) is 44.0 Å². The van der Waals surface area contributed by atoms with Crippen LogP contribution in [0.15, 0.2) is 12.7 Å². The Morgan fingerprint density at radius 1 is 1.18 bits per heavy atom. The van der Waals surface area contributed by atoms with Gasteiger partial charge >= 0.3 is 5.97 Å². The second-order valence-corrected chi connectivity index (χ2v) is 6.81. The molecular formula is C17H24O5. The maximum absolute atomic E-state index is 12.2. The summed E-state index contributed by atoms with van der Waals surface area (Å²) < 4.78 is 11.0. The van der Waals surface area contributed by atoms with Crippen molar-refractivity contribution < 1.29 is 24.2 Å². The van der Waals surface area contributed by atoms with E-state index in [1.54, 1.807) is 0 Å². The van der Waals surface area contributed by atoms with Gasteiger partial charge in [0, 0.05) is 5.92 Å². The Morgan fingerprint density at radius 2 is 2.00 bits per heavy atom. The molecule has 0 radical (unpaired) electrons. The minimum atomic E-state index is -0.670. The van der Waals surface area contributed by atoms with Crippen LogP contribution in [0.2, 0.25) is 0 Å². The Morgan fingerprint density at radius 3 is 2.73 bits per heavy atom. The molecule has 1 heterocycles. The highest BCUT2D eigenvalue weighted by molar-refractivity contribution is 5.92. The molecule has 6 unspecified atom stereocenters. The number of carbonyl (C=O) groups is 2. The lowest BCUT2D eigenvalue weighted by molar-refractivity contribution is -0.153. The molecule has 5 nitrogen and oxygen atoms in total. The van der Waals surface area contributed by atoms with E-state index in [1.165, 1.54) is 6.08 Å². The van der Waals surface area contributed by atoms with Gasteiger partial charge < -0.3 is 14.6 Å². The highest BCUT2D eigenvalue weighted by Gasteiger charge is 2.44. The number of carbonyl (C=O) groups excluding carboxylic acids is 2. The van der Waals surface area contributed by atoms with Gasteiger partial charge in [0.15, 0.2) is 5.78 Å². The van der Waals surface area contributed by atoms with Crippen LogP contribution in [-0.4, -0.2) is 41.8 Å². The summed E-state index contributed by atoms with van der Waals surface area (Å²) in [5.41, 5.74) is 0. The first kappa shape index (κ1) is 15.7. The quantitative estimate of drug-likeness (QED) is 0.474. The SMILES string of the molecule is C=CC(=O)C1CC(C(=O)OCC2CCC3OC3C2)CCC1O. The van der Waals surface area contributed by atoms with E-state index >= 15 is 0 Å². The zero-order valence-electron chi connectivity index (χ0n) is 12.8. The average Bonchev–Trinajstić information content (AvgIpc) is 3.31. The molecule has 1 aliphatic heterocycles. The van der Waals surface area contributed by atoms with E-state index in [-0.39, 0.29) is 17.7 Å². The van der Waals surface area contributed by atoms with Crippen molar-refractivity contribution in [1.29, 1.82) is 0 Å². The van der Waals surface area contributed by atoms with Gasteiger partial charge in [-0.1, -0.05) is 6.58 Å². The molecule has 3 aliphatic rings. The highest BCUT2D eigenvalue weighted by atomic mass is 16.6. The first-order valence-electron chi connectivity index (χ1n) is 8.25. The Bertz CT molecular complexity index is 460. The van der Waals surface area contributed by atoms with E-state index in [9.17, 15) is 14.7 Å².